The molecule has 0 aliphatic heterocycles. The van der Waals surface area contributed by atoms with Crippen molar-refractivity contribution in [2.24, 2.45) is 0 Å². The van der Waals surface area contributed by atoms with E-state index in [2.05, 4.69) is 14.7 Å². The molecule has 3 rings (SSSR count). The molecule has 0 spiro atoms. The highest BCUT2D eigenvalue weighted by atomic mass is 32.2. The van der Waals surface area contributed by atoms with E-state index < -0.39 is 10.0 Å². The van der Waals surface area contributed by atoms with Crippen LogP contribution >= 0.6 is 11.3 Å². The van der Waals surface area contributed by atoms with E-state index >= 15 is 0 Å². The summed E-state index contributed by atoms with van der Waals surface area (Å²) >= 11 is 1.31. The van der Waals surface area contributed by atoms with Gasteiger partial charge in [0.05, 0.1) is 11.9 Å². The molecule has 0 atom stereocenters. The van der Waals surface area contributed by atoms with Gasteiger partial charge in [-0.2, -0.15) is 8.42 Å². The summed E-state index contributed by atoms with van der Waals surface area (Å²) in [6.45, 7) is 0. The molecule has 0 aromatic carbocycles. The quantitative estimate of drug-likeness (QED) is 0.755. The zero-order valence-electron chi connectivity index (χ0n) is 9.52. The zero-order valence-corrected chi connectivity index (χ0v) is 11.1. The van der Waals surface area contributed by atoms with Gasteiger partial charge in [0.25, 0.3) is 10.0 Å². The molecule has 3 aromatic heterocycles. The Morgan fingerprint density at radius 3 is 3.00 bits per heavy atom. The van der Waals surface area contributed by atoms with E-state index in [1.54, 1.807) is 29.9 Å². The summed E-state index contributed by atoms with van der Waals surface area (Å²) in [5.74, 6) is -0.0248. The molecule has 3 aromatic rings. The summed E-state index contributed by atoms with van der Waals surface area (Å²) in [4.78, 5) is 8.38. The van der Waals surface area contributed by atoms with Crippen LogP contribution < -0.4 is 10.5 Å². The number of fused-ring (bicyclic) bond motifs is 1. The van der Waals surface area contributed by atoms with E-state index in [1.165, 1.54) is 21.9 Å². The second kappa shape index (κ2) is 4.21. The van der Waals surface area contributed by atoms with E-state index in [4.69, 9.17) is 5.73 Å². The summed E-state index contributed by atoms with van der Waals surface area (Å²) in [5.41, 5.74) is 6.05. The molecule has 7 nitrogen and oxygen atoms in total. The Morgan fingerprint density at radius 1 is 1.42 bits per heavy atom. The number of thiazole rings is 1. The first-order chi connectivity index (χ1) is 9.08. The van der Waals surface area contributed by atoms with Crippen molar-refractivity contribution in [2.45, 2.75) is 5.03 Å². The number of hydrogen-bond donors (Lipinski definition) is 2. The van der Waals surface area contributed by atoms with Crippen LogP contribution in [0.3, 0.4) is 0 Å². The Hall–Kier alpha value is -2.13. The topological polar surface area (TPSA) is 102 Å². The molecular formula is C10H9N5O2S2. The average molecular weight is 295 g/mol. The third kappa shape index (κ3) is 2.02. The number of sulfonamides is 1. The molecular weight excluding hydrogens is 286 g/mol. The predicted octanol–water partition coefficient (Wildman–Crippen LogP) is 1.17. The average Bonchev–Trinajstić information content (AvgIpc) is 2.88. The van der Waals surface area contributed by atoms with Gasteiger partial charge in [-0.3, -0.25) is 14.1 Å². The van der Waals surface area contributed by atoms with Crippen molar-refractivity contribution in [2.75, 3.05) is 10.5 Å². The van der Waals surface area contributed by atoms with Gasteiger partial charge in [-0.05, 0) is 12.1 Å². The van der Waals surface area contributed by atoms with Crippen LogP contribution in [0.4, 0.5) is 11.5 Å². The van der Waals surface area contributed by atoms with Gasteiger partial charge < -0.3 is 5.73 Å². The largest absolute Gasteiger partial charge is 0.381 e. The molecule has 98 valence electrons. The number of anilines is 2. The number of nitrogens with one attached hydrogen (secondary N) is 1. The van der Waals surface area contributed by atoms with Crippen LogP contribution in [0.1, 0.15) is 0 Å². The molecule has 19 heavy (non-hydrogen) atoms. The zero-order chi connectivity index (χ0) is 13.5. The van der Waals surface area contributed by atoms with Crippen LogP contribution in [-0.4, -0.2) is 22.8 Å². The Balaban J connectivity index is 2.10. The monoisotopic (exact) mass is 295 g/mol. The molecule has 0 aliphatic rings. The molecule has 0 bridgehead atoms. The molecule has 3 N–H and O–H groups in total. The van der Waals surface area contributed by atoms with Gasteiger partial charge in [-0.25, -0.2) is 4.98 Å². The Morgan fingerprint density at radius 2 is 2.26 bits per heavy atom. The van der Waals surface area contributed by atoms with Crippen molar-refractivity contribution < 1.29 is 8.42 Å². The smallest absolute Gasteiger partial charge is 0.281 e. The van der Waals surface area contributed by atoms with Crippen LogP contribution in [0, 0.1) is 0 Å². The van der Waals surface area contributed by atoms with Crippen LogP contribution in [0.5, 0.6) is 0 Å². The maximum absolute atomic E-state index is 12.3. The minimum absolute atomic E-state index is 0.0248. The minimum Gasteiger partial charge on any atom is -0.381 e. The van der Waals surface area contributed by atoms with Crippen molar-refractivity contribution in [3.8, 4) is 0 Å². The first-order valence-corrected chi connectivity index (χ1v) is 7.58. The fourth-order valence-electron chi connectivity index (χ4n) is 1.68. The lowest BCUT2D eigenvalue weighted by Crippen LogP contribution is -2.16. The van der Waals surface area contributed by atoms with E-state index in [9.17, 15) is 8.42 Å². The lowest BCUT2D eigenvalue weighted by Gasteiger charge is -2.06. The van der Waals surface area contributed by atoms with Crippen molar-refractivity contribution in [1.82, 2.24) is 14.4 Å². The number of pyridine rings is 1. The van der Waals surface area contributed by atoms with Gasteiger partial charge >= 0.3 is 0 Å². The number of nitrogen functional groups attached to an aromatic ring is 1. The number of nitrogens with zero attached hydrogens (tertiary/aromatic N) is 3. The molecule has 0 saturated heterocycles. The maximum Gasteiger partial charge on any atom is 0.281 e. The highest BCUT2D eigenvalue weighted by Crippen LogP contribution is 2.24. The summed E-state index contributed by atoms with van der Waals surface area (Å²) < 4.78 is 28.5. The predicted molar refractivity (Wildman–Crippen MR) is 72.5 cm³/mol. The van der Waals surface area contributed by atoms with Crippen LogP contribution in [0.15, 0.2) is 41.1 Å². The van der Waals surface area contributed by atoms with Gasteiger partial charge in [0.15, 0.2) is 10.8 Å². The molecule has 0 aliphatic carbocycles. The maximum atomic E-state index is 12.3. The molecule has 0 unspecified atom stereocenters. The standard InChI is InChI=1S/C10H9N5O2S2/c11-8-9(15-4-5-18-10(15)13-8)19(16,17)14-7-2-1-3-12-6-7/h1-6,14H,11H2. The van der Waals surface area contributed by atoms with Crippen LogP contribution in [0.25, 0.3) is 4.96 Å². The lowest BCUT2D eigenvalue weighted by molar-refractivity contribution is 0.597. The van der Waals surface area contributed by atoms with Gasteiger partial charge in [-0.15, -0.1) is 11.3 Å². The SMILES string of the molecule is Nc1nc2sccn2c1S(=O)(=O)Nc1cccnc1. The van der Waals surface area contributed by atoms with Gasteiger partial charge in [-0.1, -0.05) is 0 Å². The second-order valence-corrected chi connectivity index (χ2v) is 6.18. The normalized spacial score (nSPS) is 11.8. The Kier molecular flexibility index (Phi) is 2.64. The second-order valence-electron chi connectivity index (χ2n) is 3.70. The first-order valence-electron chi connectivity index (χ1n) is 5.22. The summed E-state index contributed by atoms with van der Waals surface area (Å²) in [6.07, 6.45) is 4.59. The van der Waals surface area contributed by atoms with Gasteiger partial charge in [0.2, 0.25) is 5.03 Å². The molecule has 0 amide bonds. The highest BCUT2D eigenvalue weighted by Gasteiger charge is 2.24. The van der Waals surface area contributed by atoms with Crippen molar-refractivity contribution in [3.63, 3.8) is 0 Å². The third-order valence-electron chi connectivity index (χ3n) is 2.41. The number of nitrogens with two attached hydrogens (primary N) is 1. The van der Waals surface area contributed by atoms with Crippen molar-refractivity contribution in [3.05, 3.63) is 36.1 Å². The number of hydrogen-bond acceptors (Lipinski definition) is 6. The number of imidazole rings is 1. The van der Waals surface area contributed by atoms with Crippen molar-refractivity contribution in [1.29, 1.82) is 0 Å². The number of rotatable bonds is 3. The van der Waals surface area contributed by atoms with E-state index in [0.717, 1.165) is 0 Å². The van der Waals surface area contributed by atoms with Crippen LogP contribution in [0.2, 0.25) is 0 Å². The molecule has 3 heterocycles. The van der Waals surface area contributed by atoms with E-state index in [0.29, 0.717) is 10.6 Å². The van der Waals surface area contributed by atoms with Crippen molar-refractivity contribution >= 4 is 37.8 Å². The number of aromatic nitrogens is 3. The fraction of sp³-hybridized carbons (Fsp3) is 0. The molecule has 9 heteroatoms. The fourth-order valence-corrected chi connectivity index (χ4v) is 3.71. The Bertz CT molecular complexity index is 822. The summed E-state index contributed by atoms with van der Waals surface area (Å²) in [7, 11) is -3.81. The first kappa shape index (κ1) is 11.9. The molecule has 0 fully saturated rings. The van der Waals surface area contributed by atoms with E-state index in [1.807, 2.05) is 0 Å². The third-order valence-corrected chi connectivity index (χ3v) is 4.59. The van der Waals surface area contributed by atoms with Gasteiger partial charge in [0, 0.05) is 17.8 Å². The molecule has 0 saturated carbocycles. The van der Waals surface area contributed by atoms with Crippen LogP contribution in [-0.2, 0) is 10.0 Å². The lowest BCUT2D eigenvalue weighted by atomic mass is 10.4. The van der Waals surface area contributed by atoms with E-state index in [-0.39, 0.29) is 10.8 Å². The highest BCUT2D eigenvalue weighted by molar-refractivity contribution is 7.92. The minimum atomic E-state index is -3.81. The summed E-state index contributed by atoms with van der Waals surface area (Å²) in [5, 5.41) is 1.68. The Labute approximate surface area is 112 Å². The molecule has 0 radical (unpaired) electrons. The van der Waals surface area contributed by atoms with Gasteiger partial charge in [0.1, 0.15) is 0 Å². The summed E-state index contributed by atoms with van der Waals surface area (Å²) in [6, 6.07) is 3.24.